The van der Waals surface area contributed by atoms with Crippen LogP contribution in [0.3, 0.4) is 0 Å². The number of hydrogen-bond donors (Lipinski definition) is 3. The highest BCUT2D eigenvalue weighted by atomic mass is 16.3. The van der Waals surface area contributed by atoms with E-state index in [1.165, 1.54) is 11.1 Å². The molecule has 1 aliphatic carbocycles. The molecule has 1 aromatic rings. The summed E-state index contributed by atoms with van der Waals surface area (Å²) in [5.41, 5.74) is 2.74. The van der Waals surface area contributed by atoms with E-state index in [1.54, 1.807) is 0 Å². The number of aryl methyl sites for hydroxylation is 2. The molecular weight excluding hydrogens is 316 g/mol. The van der Waals surface area contributed by atoms with E-state index in [-0.39, 0.29) is 24.3 Å². The average Bonchev–Trinajstić information content (AvgIpc) is 3.04. The molecule has 1 unspecified atom stereocenters. The smallest absolute Gasteiger partial charge is 0.251 e. The molecule has 0 aliphatic heterocycles. The van der Waals surface area contributed by atoms with Gasteiger partial charge in [-0.05, 0) is 48.4 Å². The second kappa shape index (κ2) is 8.00. The highest BCUT2D eigenvalue weighted by molar-refractivity contribution is 5.96. The molecule has 0 aromatic heterocycles. The molecule has 25 heavy (non-hydrogen) atoms. The standard InChI is InChI=1S/C20H30N2O3/c1-13(2)18(24)20(3,4)12-22-17(23)11-21-19(25)16-9-8-14-6-5-7-15(14)10-16/h8-10,13,18,24H,5-7,11-12H2,1-4H3,(H,21,25)(H,22,23). The molecule has 3 N–H and O–H groups in total. The second-order valence-electron chi connectivity index (χ2n) is 7.97. The molecule has 0 heterocycles. The summed E-state index contributed by atoms with van der Waals surface area (Å²) in [5, 5.41) is 15.6. The fraction of sp³-hybridized carbons (Fsp3) is 0.600. The molecule has 1 aromatic carbocycles. The zero-order chi connectivity index (χ0) is 18.6. The van der Waals surface area contributed by atoms with Gasteiger partial charge in [-0.15, -0.1) is 0 Å². The monoisotopic (exact) mass is 346 g/mol. The minimum Gasteiger partial charge on any atom is -0.392 e. The molecule has 5 heteroatoms. The summed E-state index contributed by atoms with van der Waals surface area (Å²) in [6, 6.07) is 5.75. The van der Waals surface area contributed by atoms with Gasteiger partial charge in [-0.25, -0.2) is 0 Å². The van der Waals surface area contributed by atoms with Gasteiger partial charge in [-0.2, -0.15) is 0 Å². The van der Waals surface area contributed by atoms with Crippen LogP contribution in [0.2, 0.25) is 0 Å². The minimum atomic E-state index is -0.506. The largest absolute Gasteiger partial charge is 0.392 e. The van der Waals surface area contributed by atoms with Gasteiger partial charge >= 0.3 is 0 Å². The Balaban J connectivity index is 1.81. The van der Waals surface area contributed by atoms with E-state index in [0.717, 1.165) is 19.3 Å². The molecule has 0 bridgehead atoms. The molecule has 138 valence electrons. The second-order valence-corrected chi connectivity index (χ2v) is 7.97. The molecule has 0 fully saturated rings. The Labute approximate surface area is 150 Å². The molecule has 2 amide bonds. The van der Waals surface area contributed by atoms with Crippen LogP contribution in [0.4, 0.5) is 0 Å². The van der Waals surface area contributed by atoms with E-state index >= 15 is 0 Å². The average molecular weight is 346 g/mol. The van der Waals surface area contributed by atoms with Crippen molar-refractivity contribution in [3.63, 3.8) is 0 Å². The SMILES string of the molecule is CC(C)C(O)C(C)(C)CNC(=O)CNC(=O)c1ccc2c(c1)CCC2. The Morgan fingerprint density at radius 3 is 2.52 bits per heavy atom. The van der Waals surface area contributed by atoms with Crippen molar-refractivity contribution in [2.75, 3.05) is 13.1 Å². The van der Waals surface area contributed by atoms with Crippen LogP contribution in [0, 0.1) is 11.3 Å². The van der Waals surface area contributed by atoms with Gasteiger partial charge in [-0.1, -0.05) is 33.8 Å². The lowest BCUT2D eigenvalue weighted by Gasteiger charge is -2.33. The summed E-state index contributed by atoms with van der Waals surface area (Å²) < 4.78 is 0. The van der Waals surface area contributed by atoms with Gasteiger partial charge in [0.2, 0.25) is 5.91 Å². The van der Waals surface area contributed by atoms with Crippen LogP contribution in [0.25, 0.3) is 0 Å². The van der Waals surface area contributed by atoms with E-state index in [2.05, 4.69) is 10.6 Å². The van der Waals surface area contributed by atoms with Crippen molar-refractivity contribution in [2.45, 2.75) is 53.1 Å². The van der Waals surface area contributed by atoms with Crippen LogP contribution >= 0.6 is 0 Å². The third-order valence-corrected chi connectivity index (χ3v) is 4.94. The minimum absolute atomic E-state index is 0.0657. The first-order valence-corrected chi connectivity index (χ1v) is 9.05. The molecule has 5 nitrogen and oxygen atoms in total. The first-order chi connectivity index (χ1) is 11.7. The molecular formula is C20H30N2O3. The molecule has 0 saturated carbocycles. The number of carbonyl (C=O) groups excluding carboxylic acids is 2. The van der Waals surface area contributed by atoms with Crippen LogP contribution in [0.15, 0.2) is 18.2 Å². The predicted octanol–water partition coefficient (Wildman–Crippen LogP) is 2.06. The lowest BCUT2D eigenvalue weighted by molar-refractivity contribution is -0.121. The fourth-order valence-electron chi connectivity index (χ4n) is 3.37. The maximum Gasteiger partial charge on any atom is 0.251 e. The molecule has 0 saturated heterocycles. The van der Waals surface area contributed by atoms with Gasteiger partial charge in [0, 0.05) is 17.5 Å². The number of benzene rings is 1. The summed E-state index contributed by atoms with van der Waals surface area (Å²) in [5.74, 6) is -0.365. The first-order valence-electron chi connectivity index (χ1n) is 9.05. The van der Waals surface area contributed by atoms with Crippen molar-refractivity contribution in [1.29, 1.82) is 0 Å². The summed E-state index contributed by atoms with van der Waals surface area (Å²) in [6.45, 7) is 8.03. The van der Waals surface area contributed by atoms with Crippen LogP contribution in [-0.4, -0.2) is 36.1 Å². The third-order valence-electron chi connectivity index (χ3n) is 4.94. The quantitative estimate of drug-likeness (QED) is 0.707. The Bertz CT molecular complexity index is 638. The number of amides is 2. The molecule has 0 radical (unpaired) electrons. The van der Waals surface area contributed by atoms with Crippen LogP contribution in [0.5, 0.6) is 0 Å². The van der Waals surface area contributed by atoms with Crippen molar-refractivity contribution >= 4 is 11.8 Å². The molecule has 0 spiro atoms. The van der Waals surface area contributed by atoms with Crippen molar-refractivity contribution < 1.29 is 14.7 Å². The summed E-state index contributed by atoms with van der Waals surface area (Å²) in [4.78, 5) is 24.2. The Hall–Kier alpha value is -1.88. The highest BCUT2D eigenvalue weighted by Gasteiger charge is 2.30. The zero-order valence-electron chi connectivity index (χ0n) is 15.7. The van der Waals surface area contributed by atoms with Crippen LogP contribution < -0.4 is 10.6 Å². The van der Waals surface area contributed by atoms with Gasteiger partial charge in [0.15, 0.2) is 0 Å². The van der Waals surface area contributed by atoms with Gasteiger partial charge in [0.05, 0.1) is 12.6 Å². The first kappa shape index (κ1) is 19.4. The summed E-state index contributed by atoms with van der Waals surface area (Å²) in [6.07, 6.45) is 2.73. The normalized spacial score (nSPS) is 15.0. The fourth-order valence-corrected chi connectivity index (χ4v) is 3.37. The lowest BCUT2D eigenvalue weighted by atomic mass is 9.81. The van der Waals surface area contributed by atoms with Gasteiger partial charge in [0.1, 0.15) is 0 Å². The highest BCUT2D eigenvalue weighted by Crippen LogP contribution is 2.25. The topological polar surface area (TPSA) is 78.4 Å². The maximum absolute atomic E-state index is 12.2. The van der Waals surface area contributed by atoms with E-state index in [1.807, 2.05) is 45.9 Å². The van der Waals surface area contributed by atoms with Gasteiger partial charge in [-0.3, -0.25) is 9.59 Å². The van der Waals surface area contributed by atoms with Gasteiger partial charge in [0.25, 0.3) is 5.91 Å². The van der Waals surface area contributed by atoms with Crippen LogP contribution in [0.1, 0.15) is 55.6 Å². The predicted molar refractivity (Wildman–Crippen MR) is 98.4 cm³/mol. The van der Waals surface area contributed by atoms with Crippen molar-refractivity contribution in [2.24, 2.45) is 11.3 Å². The number of hydrogen-bond acceptors (Lipinski definition) is 3. The Morgan fingerprint density at radius 2 is 1.84 bits per heavy atom. The Kier molecular flexibility index (Phi) is 6.22. The number of carbonyl (C=O) groups is 2. The van der Waals surface area contributed by atoms with Crippen molar-refractivity contribution in [3.05, 3.63) is 34.9 Å². The van der Waals surface area contributed by atoms with E-state index < -0.39 is 11.5 Å². The maximum atomic E-state index is 12.2. The third kappa shape index (κ3) is 5.05. The number of rotatable bonds is 7. The zero-order valence-corrected chi connectivity index (χ0v) is 15.7. The van der Waals surface area contributed by atoms with Gasteiger partial charge < -0.3 is 15.7 Å². The summed E-state index contributed by atoms with van der Waals surface area (Å²) in [7, 11) is 0. The number of fused-ring (bicyclic) bond motifs is 1. The van der Waals surface area contributed by atoms with E-state index in [9.17, 15) is 14.7 Å². The summed E-state index contributed by atoms with van der Waals surface area (Å²) >= 11 is 0. The number of aliphatic hydroxyl groups is 1. The number of nitrogens with one attached hydrogen (secondary N) is 2. The van der Waals surface area contributed by atoms with Crippen molar-refractivity contribution in [3.8, 4) is 0 Å². The Morgan fingerprint density at radius 1 is 1.16 bits per heavy atom. The van der Waals surface area contributed by atoms with Crippen molar-refractivity contribution in [1.82, 2.24) is 10.6 Å². The lowest BCUT2D eigenvalue weighted by Crippen LogP contribution is -2.46. The molecule has 2 rings (SSSR count). The molecule has 1 aliphatic rings. The number of aliphatic hydroxyl groups excluding tert-OH is 1. The van der Waals surface area contributed by atoms with Crippen LogP contribution in [-0.2, 0) is 17.6 Å². The van der Waals surface area contributed by atoms with E-state index in [4.69, 9.17) is 0 Å². The van der Waals surface area contributed by atoms with E-state index in [0.29, 0.717) is 12.1 Å². The molecule has 1 atom stereocenters.